The van der Waals surface area contributed by atoms with Crippen LogP contribution in [0.5, 0.6) is 0 Å². The summed E-state index contributed by atoms with van der Waals surface area (Å²) in [4.78, 5) is 25.9. The number of unbranched alkanes of at least 4 members (excludes halogenated alkanes) is 1. The van der Waals surface area contributed by atoms with Gasteiger partial charge < -0.3 is 21.3 Å². The number of piperazine rings is 1. The topological polar surface area (TPSA) is 99.4 Å². The Morgan fingerprint density at radius 2 is 1.79 bits per heavy atom. The Hall–Kier alpha value is -2.87. The van der Waals surface area contributed by atoms with Crippen molar-refractivity contribution in [2.24, 2.45) is 0 Å². The Balaban J connectivity index is 1.44. The van der Waals surface area contributed by atoms with Crippen molar-refractivity contribution in [3.8, 4) is 0 Å². The molecule has 0 spiro atoms. The molecule has 8 heteroatoms. The predicted molar refractivity (Wildman–Crippen MR) is 140 cm³/mol. The molecule has 2 aromatic rings. The lowest BCUT2D eigenvalue weighted by Crippen LogP contribution is -2.46. The molecule has 8 nitrogen and oxygen atoms in total. The second kappa shape index (κ2) is 12.0. The smallest absolute Gasteiger partial charge is 0.251 e. The summed E-state index contributed by atoms with van der Waals surface area (Å²) in [6.45, 7) is 14.2. The van der Waals surface area contributed by atoms with Crippen molar-refractivity contribution in [2.45, 2.75) is 58.9 Å². The predicted octanol–water partition coefficient (Wildman–Crippen LogP) is 3.55. The first kappa shape index (κ1) is 25.7. The summed E-state index contributed by atoms with van der Waals surface area (Å²) >= 11 is 0. The van der Waals surface area contributed by atoms with E-state index in [2.05, 4.69) is 49.5 Å². The van der Waals surface area contributed by atoms with E-state index >= 15 is 0 Å². The number of carbonyl (C=O) groups excluding carboxylic acids is 1. The quantitative estimate of drug-likeness (QED) is 0.460. The summed E-state index contributed by atoms with van der Waals surface area (Å²) in [6.07, 6.45) is 6.12. The molecular weight excluding hydrogens is 426 g/mol. The van der Waals surface area contributed by atoms with Crippen molar-refractivity contribution < 1.29 is 4.79 Å². The largest absolute Gasteiger partial charge is 0.370 e. The Labute approximate surface area is 204 Å². The zero-order chi connectivity index (χ0) is 24.6. The number of anilines is 3. The van der Waals surface area contributed by atoms with Crippen LogP contribution in [0.2, 0.25) is 0 Å². The summed E-state index contributed by atoms with van der Waals surface area (Å²) < 4.78 is 0. The van der Waals surface area contributed by atoms with Crippen LogP contribution in [-0.4, -0.2) is 65.6 Å². The molecule has 1 aromatic heterocycles. The molecule has 3 rings (SSSR count). The van der Waals surface area contributed by atoms with Crippen molar-refractivity contribution in [1.29, 1.82) is 0 Å². The van der Waals surface area contributed by atoms with Crippen molar-refractivity contribution >= 4 is 23.4 Å². The number of nitrogens with two attached hydrogens (primary N) is 1. The van der Waals surface area contributed by atoms with Gasteiger partial charge in [0, 0.05) is 61.3 Å². The summed E-state index contributed by atoms with van der Waals surface area (Å²) in [7, 11) is 0. The molecule has 1 aliphatic heterocycles. The maximum atomic E-state index is 12.3. The van der Waals surface area contributed by atoms with Gasteiger partial charge in [0.2, 0.25) is 5.95 Å². The minimum Gasteiger partial charge on any atom is -0.370 e. The second-order valence-corrected chi connectivity index (χ2v) is 10.1. The monoisotopic (exact) mass is 467 g/mol. The van der Waals surface area contributed by atoms with Crippen LogP contribution in [0.1, 0.15) is 62.9 Å². The first-order valence-corrected chi connectivity index (χ1v) is 12.5. The van der Waals surface area contributed by atoms with E-state index in [1.807, 2.05) is 39.1 Å². The van der Waals surface area contributed by atoms with Gasteiger partial charge in [-0.2, -0.15) is 4.98 Å². The highest BCUT2D eigenvalue weighted by Crippen LogP contribution is 2.19. The highest BCUT2D eigenvalue weighted by atomic mass is 16.1. The van der Waals surface area contributed by atoms with E-state index in [9.17, 15) is 4.79 Å². The molecule has 0 saturated carbocycles. The molecule has 0 bridgehead atoms. The van der Waals surface area contributed by atoms with Crippen LogP contribution < -0.4 is 21.3 Å². The summed E-state index contributed by atoms with van der Waals surface area (Å²) in [5.74, 6) is 1.17. The maximum Gasteiger partial charge on any atom is 0.251 e. The molecule has 1 saturated heterocycles. The number of aryl methyl sites for hydroxylation is 1. The number of aromatic nitrogens is 2. The van der Waals surface area contributed by atoms with Crippen LogP contribution in [0.15, 0.2) is 30.5 Å². The molecule has 1 aromatic carbocycles. The average Bonchev–Trinajstić information content (AvgIpc) is 2.80. The van der Waals surface area contributed by atoms with Crippen LogP contribution >= 0.6 is 0 Å². The third-order valence-electron chi connectivity index (χ3n) is 5.98. The molecule has 1 aliphatic rings. The van der Waals surface area contributed by atoms with E-state index in [-0.39, 0.29) is 11.4 Å². The summed E-state index contributed by atoms with van der Waals surface area (Å²) in [5.41, 5.74) is 8.57. The Morgan fingerprint density at radius 1 is 1.09 bits per heavy atom. The van der Waals surface area contributed by atoms with Crippen LogP contribution in [0, 0.1) is 0 Å². The van der Waals surface area contributed by atoms with Gasteiger partial charge in [-0.1, -0.05) is 13.3 Å². The first-order valence-electron chi connectivity index (χ1n) is 12.5. The molecule has 0 radical (unpaired) electrons. The van der Waals surface area contributed by atoms with E-state index in [1.165, 1.54) is 5.69 Å². The van der Waals surface area contributed by atoms with Gasteiger partial charge in [0.25, 0.3) is 5.91 Å². The van der Waals surface area contributed by atoms with E-state index in [0.717, 1.165) is 76.3 Å². The van der Waals surface area contributed by atoms with Gasteiger partial charge in [0.05, 0.1) is 0 Å². The molecule has 34 heavy (non-hydrogen) atoms. The molecule has 186 valence electrons. The number of amides is 1. The number of hydrogen-bond donors (Lipinski definition) is 3. The van der Waals surface area contributed by atoms with Gasteiger partial charge in [0.1, 0.15) is 5.82 Å². The molecule has 2 heterocycles. The average molecular weight is 468 g/mol. The lowest BCUT2D eigenvalue weighted by atomic mass is 10.1. The Kier molecular flexibility index (Phi) is 9.10. The van der Waals surface area contributed by atoms with Crippen molar-refractivity contribution in [1.82, 2.24) is 20.2 Å². The normalized spacial score (nSPS) is 14.8. The lowest BCUT2D eigenvalue weighted by molar-refractivity contribution is 0.0919. The number of benzene rings is 1. The number of hydrogen-bond acceptors (Lipinski definition) is 7. The SMILES string of the molecule is CCCCNc1nc(N)ncc1CCCN1CCN(c2ccc(C(=O)NC(C)(C)C)cc2)CC1. The van der Waals surface area contributed by atoms with Crippen LogP contribution in [0.25, 0.3) is 0 Å². The minimum atomic E-state index is -0.236. The Morgan fingerprint density at radius 3 is 2.44 bits per heavy atom. The van der Waals surface area contributed by atoms with Gasteiger partial charge in [-0.15, -0.1) is 0 Å². The second-order valence-electron chi connectivity index (χ2n) is 10.1. The molecule has 0 atom stereocenters. The highest BCUT2D eigenvalue weighted by Gasteiger charge is 2.19. The van der Waals surface area contributed by atoms with Gasteiger partial charge in [-0.05, 0) is 70.8 Å². The van der Waals surface area contributed by atoms with E-state index in [0.29, 0.717) is 11.5 Å². The fraction of sp³-hybridized carbons (Fsp3) is 0.577. The van der Waals surface area contributed by atoms with Crippen LogP contribution in [0.3, 0.4) is 0 Å². The van der Waals surface area contributed by atoms with Gasteiger partial charge >= 0.3 is 0 Å². The fourth-order valence-electron chi connectivity index (χ4n) is 4.10. The third-order valence-corrected chi connectivity index (χ3v) is 5.98. The molecule has 1 fully saturated rings. The first-order chi connectivity index (χ1) is 16.2. The minimum absolute atomic E-state index is 0.0286. The fourth-order valence-corrected chi connectivity index (χ4v) is 4.10. The van der Waals surface area contributed by atoms with Crippen molar-refractivity contribution in [2.75, 3.05) is 55.2 Å². The van der Waals surface area contributed by atoms with Crippen molar-refractivity contribution in [3.63, 3.8) is 0 Å². The molecule has 1 amide bonds. The number of nitrogens with one attached hydrogen (secondary N) is 2. The number of carbonyl (C=O) groups is 1. The summed E-state index contributed by atoms with van der Waals surface area (Å²) in [6, 6.07) is 7.95. The van der Waals surface area contributed by atoms with Crippen LogP contribution in [0.4, 0.5) is 17.5 Å². The zero-order valence-corrected chi connectivity index (χ0v) is 21.2. The molecule has 4 N–H and O–H groups in total. The number of nitrogens with zero attached hydrogens (tertiary/aromatic N) is 4. The lowest BCUT2D eigenvalue weighted by Gasteiger charge is -2.36. The molecule has 0 unspecified atom stereocenters. The van der Waals surface area contributed by atoms with Crippen molar-refractivity contribution in [3.05, 3.63) is 41.6 Å². The standard InChI is InChI=1S/C26H41N7O/c1-5-6-13-28-23-21(19-29-25(27)30-23)8-7-14-32-15-17-33(18-16-32)22-11-9-20(10-12-22)24(34)31-26(2,3)4/h9-12,19H,5-8,13-18H2,1-4H3,(H,31,34)(H3,27,28,29,30). The third kappa shape index (κ3) is 7.87. The number of nitrogen functional groups attached to an aromatic ring is 1. The van der Waals surface area contributed by atoms with Gasteiger partial charge in [-0.25, -0.2) is 4.98 Å². The highest BCUT2D eigenvalue weighted by molar-refractivity contribution is 5.95. The maximum absolute atomic E-state index is 12.3. The van der Waals surface area contributed by atoms with Crippen LogP contribution in [-0.2, 0) is 6.42 Å². The number of rotatable bonds is 10. The molecular formula is C26H41N7O. The zero-order valence-electron chi connectivity index (χ0n) is 21.2. The van der Waals surface area contributed by atoms with E-state index in [1.54, 1.807) is 0 Å². The van der Waals surface area contributed by atoms with E-state index < -0.39 is 0 Å². The van der Waals surface area contributed by atoms with E-state index in [4.69, 9.17) is 5.73 Å². The van der Waals surface area contributed by atoms with Gasteiger partial charge in [0.15, 0.2) is 0 Å². The Bertz CT molecular complexity index is 916. The summed E-state index contributed by atoms with van der Waals surface area (Å²) in [5, 5.41) is 6.43. The molecule has 0 aliphatic carbocycles. The van der Waals surface area contributed by atoms with Gasteiger partial charge in [-0.3, -0.25) is 9.69 Å².